The third-order valence-corrected chi connectivity index (χ3v) is 6.27. The molecule has 192 valence electrons. The molecule has 0 saturated carbocycles. The van der Waals surface area contributed by atoms with Gasteiger partial charge in [-0.1, -0.05) is 45.0 Å². The standard InChI is InChI=1S/C29H32N4O4/c1-29(2,3)22-8-5-21(6-9-22)7-14-26-31-25(19-30)28(37-26)33-17-15-32(16-18-33)27(34)20-36-24-12-10-23(35-4)11-13-24/h5-14H,15-18,20H2,1-4H3/b14-7+. The highest BCUT2D eigenvalue weighted by molar-refractivity contribution is 5.78. The van der Waals surface area contributed by atoms with Crippen molar-refractivity contribution in [2.24, 2.45) is 0 Å². The van der Waals surface area contributed by atoms with Crippen LogP contribution in [-0.2, 0) is 10.2 Å². The lowest BCUT2D eigenvalue weighted by molar-refractivity contribution is -0.133. The van der Waals surface area contributed by atoms with Gasteiger partial charge in [-0.25, -0.2) is 0 Å². The van der Waals surface area contributed by atoms with Crippen LogP contribution in [0.2, 0.25) is 0 Å². The molecule has 0 spiro atoms. The van der Waals surface area contributed by atoms with Crippen LogP contribution < -0.4 is 14.4 Å². The minimum Gasteiger partial charge on any atom is -0.497 e. The molecular formula is C29H32N4O4. The molecule has 0 atom stereocenters. The number of piperazine rings is 1. The van der Waals surface area contributed by atoms with Crippen molar-refractivity contribution in [3.63, 3.8) is 0 Å². The van der Waals surface area contributed by atoms with E-state index >= 15 is 0 Å². The number of nitriles is 1. The topological polar surface area (TPSA) is 91.8 Å². The summed E-state index contributed by atoms with van der Waals surface area (Å²) in [6, 6.07) is 17.6. The van der Waals surface area contributed by atoms with Crippen molar-refractivity contribution in [3.8, 4) is 17.6 Å². The molecule has 1 aliphatic rings. The first-order chi connectivity index (χ1) is 17.8. The average Bonchev–Trinajstić information content (AvgIpc) is 3.34. The van der Waals surface area contributed by atoms with Gasteiger partial charge in [0.25, 0.3) is 5.91 Å². The van der Waals surface area contributed by atoms with Gasteiger partial charge in [0.2, 0.25) is 17.5 Å². The second-order valence-corrected chi connectivity index (χ2v) is 9.86. The fourth-order valence-corrected chi connectivity index (χ4v) is 4.02. The molecule has 4 rings (SSSR count). The summed E-state index contributed by atoms with van der Waals surface area (Å²) in [6.07, 6.45) is 3.69. The maximum atomic E-state index is 12.6. The lowest BCUT2D eigenvalue weighted by Gasteiger charge is -2.34. The van der Waals surface area contributed by atoms with Crippen LogP contribution in [0.5, 0.6) is 11.5 Å². The van der Waals surface area contributed by atoms with Gasteiger partial charge < -0.3 is 23.7 Å². The molecule has 0 unspecified atom stereocenters. The predicted octanol–water partition coefficient (Wildman–Crippen LogP) is 4.75. The number of hydrogen-bond donors (Lipinski definition) is 0. The van der Waals surface area contributed by atoms with E-state index in [-0.39, 0.29) is 23.6 Å². The van der Waals surface area contributed by atoms with E-state index in [4.69, 9.17) is 13.9 Å². The predicted molar refractivity (Wildman–Crippen MR) is 143 cm³/mol. The largest absolute Gasteiger partial charge is 0.497 e. The molecule has 2 heterocycles. The average molecular weight is 501 g/mol. The zero-order valence-electron chi connectivity index (χ0n) is 21.7. The summed E-state index contributed by atoms with van der Waals surface area (Å²) in [5.74, 6) is 2.06. The summed E-state index contributed by atoms with van der Waals surface area (Å²) in [6.45, 7) is 8.59. The van der Waals surface area contributed by atoms with Crippen molar-refractivity contribution in [3.05, 3.63) is 71.2 Å². The quantitative estimate of drug-likeness (QED) is 0.462. The first kappa shape index (κ1) is 25.8. The number of benzene rings is 2. The number of aromatic nitrogens is 1. The summed E-state index contributed by atoms with van der Waals surface area (Å²) in [5.41, 5.74) is 2.62. The van der Waals surface area contributed by atoms with Crippen molar-refractivity contribution < 1.29 is 18.7 Å². The molecule has 1 aliphatic heterocycles. The van der Waals surface area contributed by atoms with E-state index in [0.717, 1.165) is 11.3 Å². The van der Waals surface area contributed by atoms with Crippen molar-refractivity contribution in [1.82, 2.24) is 9.88 Å². The molecule has 8 heteroatoms. The number of hydrogen-bond acceptors (Lipinski definition) is 7. The summed E-state index contributed by atoms with van der Waals surface area (Å²) >= 11 is 0. The number of amides is 1. The van der Waals surface area contributed by atoms with E-state index in [1.165, 1.54) is 5.56 Å². The monoisotopic (exact) mass is 500 g/mol. The molecule has 0 aliphatic carbocycles. The van der Waals surface area contributed by atoms with E-state index in [2.05, 4.69) is 56.1 Å². The van der Waals surface area contributed by atoms with Gasteiger partial charge in [-0.3, -0.25) is 4.79 Å². The normalized spacial score (nSPS) is 14.0. The number of anilines is 1. The Balaban J connectivity index is 1.33. The number of nitrogens with zero attached hydrogens (tertiary/aromatic N) is 4. The van der Waals surface area contributed by atoms with Crippen LogP contribution in [-0.4, -0.2) is 55.7 Å². The molecule has 1 saturated heterocycles. The fraction of sp³-hybridized carbons (Fsp3) is 0.345. The molecule has 1 fully saturated rings. The van der Waals surface area contributed by atoms with Gasteiger partial charge in [0.05, 0.1) is 7.11 Å². The Bertz CT molecular complexity index is 1270. The van der Waals surface area contributed by atoms with Crippen LogP contribution in [0, 0.1) is 11.3 Å². The molecule has 37 heavy (non-hydrogen) atoms. The maximum absolute atomic E-state index is 12.6. The molecule has 8 nitrogen and oxygen atoms in total. The highest BCUT2D eigenvalue weighted by Gasteiger charge is 2.26. The van der Waals surface area contributed by atoms with E-state index in [9.17, 15) is 10.1 Å². The SMILES string of the molecule is COc1ccc(OCC(=O)N2CCN(c3oc(/C=C/c4ccc(C(C)(C)C)cc4)nc3C#N)CC2)cc1. The summed E-state index contributed by atoms with van der Waals surface area (Å²) < 4.78 is 16.7. The Hall–Kier alpha value is -4.25. The summed E-state index contributed by atoms with van der Waals surface area (Å²) in [7, 11) is 1.60. The number of rotatable bonds is 7. The number of oxazole rings is 1. The van der Waals surface area contributed by atoms with Gasteiger partial charge in [-0.15, -0.1) is 0 Å². The minimum atomic E-state index is -0.0883. The Labute approximate surface area is 217 Å². The summed E-state index contributed by atoms with van der Waals surface area (Å²) in [5, 5.41) is 9.59. The first-order valence-electron chi connectivity index (χ1n) is 12.3. The van der Waals surface area contributed by atoms with Crippen LogP contribution in [0.1, 0.15) is 43.5 Å². The van der Waals surface area contributed by atoms with Crippen molar-refractivity contribution in [2.75, 3.05) is 44.8 Å². The second kappa shape index (κ2) is 11.2. The van der Waals surface area contributed by atoms with E-state index in [0.29, 0.717) is 43.7 Å². The molecule has 3 aromatic rings. The Morgan fingerprint density at radius 3 is 2.27 bits per heavy atom. The van der Waals surface area contributed by atoms with Gasteiger partial charge >= 0.3 is 0 Å². The fourth-order valence-electron chi connectivity index (χ4n) is 4.02. The minimum absolute atomic E-state index is 0.0379. The molecule has 1 aromatic heterocycles. The Morgan fingerprint density at radius 1 is 1.03 bits per heavy atom. The Kier molecular flexibility index (Phi) is 7.83. The second-order valence-electron chi connectivity index (χ2n) is 9.86. The van der Waals surface area contributed by atoms with Crippen molar-refractivity contribution >= 4 is 23.9 Å². The lowest BCUT2D eigenvalue weighted by Crippen LogP contribution is -2.50. The third kappa shape index (κ3) is 6.50. The first-order valence-corrected chi connectivity index (χ1v) is 12.3. The van der Waals surface area contributed by atoms with Crippen LogP contribution in [0.3, 0.4) is 0 Å². The molecule has 2 aromatic carbocycles. The highest BCUT2D eigenvalue weighted by atomic mass is 16.5. The van der Waals surface area contributed by atoms with Crippen LogP contribution >= 0.6 is 0 Å². The van der Waals surface area contributed by atoms with Gasteiger partial charge in [-0.05, 0) is 46.9 Å². The van der Waals surface area contributed by atoms with Gasteiger partial charge in [-0.2, -0.15) is 10.2 Å². The van der Waals surface area contributed by atoms with Gasteiger partial charge in [0.15, 0.2) is 6.61 Å². The molecule has 0 radical (unpaired) electrons. The Morgan fingerprint density at radius 2 is 1.68 bits per heavy atom. The third-order valence-electron chi connectivity index (χ3n) is 6.27. The highest BCUT2D eigenvalue weighted by Crippen LogP contribution is 2.26. The van der Waals surface area contributed by atoms with Gasteiger partial charge in [0, 0.05) is 32.3 Å². The number of ether oxygens (including phenoxy) is 2. The zero-order chi connectivity index (χ0) is 26.4. The van der Waals surface area contributed by atoms with E-state index in [1.54, 1.807) is 42.4 Å². The zero-order valence-corrected chi connectivity index (χ0v) is 21.7. The molecule has 1 amide bonds. The van der Waals surface area contributed by atoms with Crippen LogP contribution in [0.25, 0.3) is 12.2 Å². The smallest absolute Gasteiger partial charge is 0.260 e. The number of carbonyl (C=O) groups is 1. The number of methoxy groups -OCH3 is 1. The van der Waals surface area contributed by atoms with Crippen LogP contribution in [0.4, 0.5) is 5.88 Å². The molecular weight excluding hydrogens is 468 g/mol. The maximum Gasteiger partial charge on any atom is 0.260 e. The molecule has 0 bridgehead atoms. The number of carbonyl (C=O) groups excluding carboxylic acids is 1. The van der Waals surface area contributed by atoms with Crippen molar-refractivity contribution in [2.45, 2.75) is 26.2 Å². The lowest BCUT2D eigenvalue weighted by atomic mass is 9.87. The van der Waals surface area contributed by atoms with E-state index < -0.39 is 0 Å². The van der Waals surface area contributed by atoms with Crippen LogP contribution in [0.15, 0.2) is 52.9 Å². The molecule has 0 N–H and O–H groups in total. The van der Waals surface area contributed by atoms with E-state index in [1.807, 2.05) is 11.0 Å². The summed E-state index contributed by atoms with van der Waals surface area (Å²) in [4.78, 5) is 20.7. The van der Waals surface area contributed by atoms with Gasteiger partial charge in [0.1, 0.15) is 17.6 Å². The van der Waals surface area contributed by atoms with Crippen molar-refractivity contribution in [1.29, 1.82) is 5.26 Å².